The van der Waals surface area contributed by atoms with Crippen LogP contribution in [-0.4, -0.2) is 46.1 Å². The molecule has 14 heteroatoms. The lowest BCUT2D eigenvalue weighted by atomic mass is 10.3. The second-order valence-corrected chi connectivity index (χ2v) is 7.60. The Hall–Kier alpha value is -3.81. The first-order chi connectivity index (χ1) is 15.3. The number of aryl methyl sites for hydroxylation is 3. The highest BCUT2D eigenvalue weighted by Crippen LogP contribution is 2.20. The molecule has 1 N–H and O–H groups in total. The lowest BCUT2D eigenvalue weighted by molar-refractivity contribution is -0.389. The van der Waals surface area contributed by atoms with Crippen LogP contribution >= 0.6 is 11.8 Å². The van der Waals surface area contributed by atoms with Gasteiger partial charge in [0, 0.05) is 30.8 Å². The van der Waals surface area contributed by atoms with E-state index in [9.17, 15) is 25.0 Å². The lowest BCUT2D eigenvalue weighted by Gasteiger charge is -2.08. The molecule has 2 heterocycles. The Bertz CT molecular complexity index is 1160. The summed E-state index contributed by atoms with van der Waals surface area (Å²) in [6, 6.07) is 7.11. The molecule has 0 atom stereocenters. The number of rotatable bonds is 10. The Morgan fingerprint density at radius 2 is 1.97 bits per heavy atom. The van der Waals surface area contributed by atoms with Gasteiger partial charge in [0.1, 0.15) is 5.82 Å². The van der Waals surface area contributed by atoms with Crippen LogP contribution in [0.5, 0.6) is 0 Å². The Balaban J connectivity index is 1.60. The van der Waals surface area contributed by atoms with Gasteiger partial charge in [-0.1, -0.05) is 17.8 Å². The number of hydrogen-bond donors (Lipinski definition) is 1. The molecule has 1 aromatic carbocycles. The van der Waals surface area contributed by atoms with Crippen molar-refractivity contribution < 1.29 is 14.6 Å². The molecule has 0 radical (unpaired) electrons. The largest absolute Gasteiger partial charge is 0.390 e. The molecule has 3 rings (SSSR count). The van der Waals surface area contributed by atoms with E-state index in [0.29, 0.717) is 41.9 Å². The minimum atomic E-state index is -0.536. The number of thioether (sulfide) groups is 1. The maximum atomic E-state index is 12.3. The van der Waals surface area contributed by atoms with Gasteiger partial charge in [-0.05, 0) is 24.8 Å². The van der Waals surface area contributed by atoms with E-state index >= 15 is 0 Å². The minimum Gasteiger partial charge on any atom is -0.358 e. The maximum Gasteiger partial charge on any atom is 0.390 e. The van der Waals surface area contributed by atoms with Crippen LogP contribution in [0.4, 0.5) is 17.2 Å². The number of carbonyl (C=O) groups excluding carboxylic acids is 1. The van der Waals surface area contributed by atoms with Gasteiger partial charge in [0.15, 0.2) is 5.16 Å². The second-order valence-electron chi connectivity index (χ2n) is 6.66. The molecule has 0 fully saturated rings. The number of amides is 1. The van der Waals surface area contributed by atoms with Crippen LogP contribution in [0.25, 0.3) is 0 Å². The smallest absolute Gasteiger partial charge is 0.358 e. The topological polar surface area (TPSA) is 164 Å². The van der Waals surface area contributed by atoms with E-state index in [0.717, 1.165) is 0 Å². The van der Waals surface area contributed by atoms with Gasteiger partial charge in [-0.2, -0.15) is 4.68 Å². The molecule has 0 aliphatic carbocycles. The summed E-state index contributed by atoms with van der Waals surface area (Å²) in [6.07, 6.45) is 0.459. The van der Waals surface area contributed by atoms with Crippen LogP contribution in [0.15, 0.2) is 35.5 Å². The molecule has 0 saturated heterocycles. The monoisotopic (exact) mass is 460 g/mol. The van der Waals surface area contributed by atoms with Crippen LogP contribution in [0.3, 0.4) is 0 Å². The molecule has 1 amide bonds. The SMILES string of the molecule is CCn1c(CCn2nc([N+](=O)[O-])cc2C)nnc1SCC(=O)Nc1cccc([N+](=O)[O-])c1. The van der Waals surface area contributed by atoms with E-state index in [1.807, 2.05) is 11.5 Å². The highest BCUT2D eigenvalue weighted by Gasteiger charge is 2.18. The summed E-state index contributed by atoms with van der Waals surface area (Å²) < 4.78 is 3.41. The van der Waals surface area contributed by atoms with Crippen molar-refractivity contribution >= 4 is 34.9 Å². The Morgan fingerprint density at radius 3 is 2.62 bits per heavy atom. The fraction of sp³-hybridized carbons (Fsp3) is 0.333. The van der Waals surface area contributed by atoms with Gasteiger partial charge in [0.2, 0.25) is 5.91 Å². The first kappa shape index (κ1) is 22.9. The molecule has 168 valence electrons. The summed E-state index contributed by atoms with van der Waals surface area (Å²) in [5.41, 5.74) is 0.904. The summed E-state index contributed by atoms with van der Waals surface area (Å²) in [5.74, 6) is 0.185. The third-order valence-electron chi connectivity index (χ3n) is 4.49. The van der Waals surface area contributed by atoms with Gasteiger partial charge in [0.05, 0.1) is 34.1 Å². The Labute approximate surface area is 186 Å². The van der Waals surface area contributed by atoms with Crippen molar-refractivity contribution in [2.24, 2.45) is 0 Å². The second kappa shape index (κ2) is 10.00. The summed E-state index contributed by atoms with van der Waals surface area (Å²) >= 11 is 1.19. The minimum absolute atomic E-state index is 0.0469. The molecule has 2 aromatic heterocycles. The van der Waals surface area contributed by atoms with Crippen molar-refractivity contribution in [2.75, 3.05) is 11.1 Å². The van der Waals surface area contributed by atoms with E-state index in [-0.39, 0.29) is 23.2 Å². The van der Waals surface area contributed by atoms with Gasteiger partial charge in [-0.3, -0.25) is 14.9 Å². The normalized spacial score (nSPS) is 10.8. The molecular formula is C18H20N8O5S. The van der Waals surface area contributed by atoms with Gasteiger partial charge in [-0.15, -0.1) is 10.2 Å². The molecule has 13 nitrogen and oxygen atoms in total. The number of nitro benzene ring substituents is 1. The highest BCUT2D eigenvalue weighted by molar-refractivity contribution is 7.99. The average Bonchev–Trinajstić information content (AvgIpc) is 3.33. The number of nitro groups is 2. The van der Waals surface area contributed by atoms with E-state index in [2.05, 4.69) is 20.6 Å². The fourth-order valence-corrected chi connectivity index (χ4v) is 3.79. The predicted molar refractivity (Wildman–Crippen MR) is 115 cm³/mol. The first-order valence-electron chi connectivity index (χ1n) is 9.56. The fourth-order valence-electron chi connectivity index (χ4n) is 2.97. The number of nitrogens with zero attached hydrogens (tertiary/aromatic N) is 7. The third-order valence-corrected chi connectivity index (χ3v) is 5.45. The van der Waals surface area contributed by atoms with Crippen LogP contribution in [-0.2, 0) is 24.3 Å². The van der Waals surface area contributed by atoms with E-state index in [4.69, 9.17) is 0 Å². The molecule has 0 bridgehead atoms. The van der Waals surface area contributed by atoms with Crippen LogP contribution < -0.4 is 5.32 Å². The number of benzene rings is 1. The third kappa shape index (κ3) is 5.46. The summed E-state index contributed by atoms with van der Waals surface area (Å²) in [6.45, 7) is 4.64. The van der Waals surface area contributed by atoms with Crippen LogP contribution in [0.2, 0.25) is 0 Å². The highest BCUT2D eigenvalue weighted by atomic mass is 32.2. The molecule has 3 aromatic rings. The maximum absolute atomic E-state index is 12.3. The number of carbonyl (C=O) groups is 1. The number of aromatic nitrogens is 5. The first-order valence-corrected chi connectivity index (χ1v) is 10.5. The molecule has 32 heavy (non-hydrogen) atoms. The van der Waals surface area contributed by atoms with Gasteiger partial charge in [0.25, 0.3) is 5.69 Å². The molecule has 0 saturated carbocycles. The van der Waals surface area contributed by atoms with E-state index in [1.165, 1.54) is 36.0 Å². The van der Waals surface area contributed by atoms with Crippen molar-refractivity contribution in [3.63, 3.8) is 0 Å². The zero-order valence-electron chi connectivity index (χ0n) is 17.3. The van der Waals surface area contributed by atoms with Crippen LogP contribution in [0.1, 0.15) is 18.4 Å². The molecule has 0 aliphatic rings. The standard InChI is InChI=1S/C18H20N8O5S/c1-3-23-15(7-8-24-12(2)9-16(22-24)26(30)31)20-21-18(23)32-11-17(27)19-13-5-4-6-14(10-13)25(28)29/h4-6,9-10H,3,7-8,11H2,1-2H3,(H,19,27). The average molecular weight is 460 g/mol. The molecule has 0 aliphatic heterocycles. The Morgan fingerprint density at radius 1 is 1.19 bits per heavy atom. The van der Waals surface area contributed by atoms with E-state index in [1.54, 1.807) is 17.7 Å². The van der Waals surface area contributed by atoms with E-state index < -0.39 is 9.85 Å². The number of non-ortho nitro benzene ring substituents is 1. The van der Waals surface area contributed by atoms with Gasteiger partial charge in [-0.25, -0.2) is 0 Å². The number of nitrogens with one attached hydrogen (secondary N) is 1. The number of hydrogen-bond acceptors (Lipinski definition) is 9. The Kier molecular flexibility index (Phi) is 7.14. The van der Waals surface area contributed by atoms with Crippen molar-refractivity contribution in [2.45, 2.75) is 38.5 Å². The number of anilines is 1. The summed E-state index contributed by atoms with van der Waals surface area (Å²) in [4.78, 5) is 32.9. The molecule has 0 unspecified atom stereocenters. The summed E-state index contributed by atoms with van der Waals surface area (Å²) in [5, 5.41) is 37.2. The van der Waals surface area contributed by atoms with Crippen molar-refractivity contribution in [1.82, 2.24) is 24.5 Å². The van der Waals surface area contributed by atoms with Gasteiger partial charge < -0.3 is 20.0 Å². The van der Waals surface area contributed by atoms with Crippen molar-refractivity contribution in [1.29, 1.82) is 0 Å². The van der Waals surface area contributed by atoms with Crippen molar-refractivity contribution in [3.8, 4) is 0 Å². The van der Waals surface area contributed by atoms with Gasteiger partial charge >= 0.3 is 5.82 Å². The quantitative estimate of drug-likeness (QED) is 0.272. The summed E-state index contributed by atoms with van der Waals surface area (Å²) in [7, 11) is 0. The molecule has 0 spiro atoms. The lowest BCUT2D eigenvalue weighted by Crippen LogP contribution is -2.15. The van der Waals surface area contributed by atoms with Crippen LogP contribution in [0, 0.1) is 27.2 Å². The zero-order valence-corrected chi connectivity index (χ0v) is 18.1. The van der Waals surface area contributed by atoms with Crippen molar-refractivity contribution in [3.05, 3.63) is 62.1 Å². The molecular weight excluding hydrogens is 440 g/mol. The predicted octanol–water partition coefficient (Wildman–Crippen LogP) is 2.59. The zero-order chi connectivity index (χ0) is 23.3.